The summed E-state index contributed by atoms with van der Waals surface area (Å²) in [4.78, 5) is 13.6. The van der Waals surface area contributed by atoms with E-state index in [0.717, 1.165) is 15.8 Å². The van der Waals surface area contributed by atoms with E-state index >= 15 is 0 Å². The number of amides is 1. The number of aliphatic hydroxyl groups is 1. The Bertz CT molecular complexity index is 423. The van der Waals surface area contributed by atoms with Gasteiger partial charge in [0.15, 0.2) is 0 Å². The average molecular weight is 330 g/mol. The van der Waals surface area contributed by atoms with Crippen LogP contribution in [0.4, 0.5) is 0 Å². The number of carbonyl (C=O) groups is 1. The van der Waals surface area contributed by atoms with Crippen molar-refractivity contribution < 1.29 is 14.6 Å². The van der Waals surface area contributed by atoms with E-state index in [1.54, 1.807) is 12.0 Å². The number of rotatable bonds is 7. The van der Waals surface area contributed by atoms with Gasteiger partial charge in [-0.1, -0.05) is 6.07 Å². The number of likely N-dealkylation sites (N-methyl/N-ethyl adjacent to an activating group) is 1. The van der Waals surface area contributed by atoms with Gasteiger partial charge in [-0.25, -0.2) is 0 Å². The van der Waals surface area contributed by atoms with E-state index in [4.69, 9.17) is 9.84 Å². The van der Waals surface area contributed by atoms with Gasteiger partial charge in [-0.05, 0) is 47.0 Å². The molecule has 5 heteroatoms. The molecule has 0 heterocycles. The topological polar surface area (TPSA) is 49.8 Å². The number of ether oxygens (including phenoxy) is 1. The molecule has 0 fully saturated rings. The Kier molecular flexibility index (Phi) is 6.87. The monoisotopic (exact) mass is 329 g/mol. The summed E-state index contributed by atoms with van der Waals surface area (Å²) >= 11 is 3.43. The van der Waals surface area contributed by atoms with Crippen molar-refractivity contribution in [2.75, 3.05) is 26.8 Å². The van der Waals surface area contributed by atoms with Crippen molar-refractivity contribution in [1.82, 2.24) is 4.90 Å². The van der Waals surface area contributed by atoms with Crippen LogP contribution < -0.4 is 4.74 Å². The molecule has 0 spiro atoms. The van der Waals surface area contributed by atoms with Crippen LogP contribution >= 0.6 is 15.9 Å². The second kappa shape index (κ2) is 8.17. The van der Waals surface area contributed by atoms with Crippen LogP contribution in [-0.4, -0.2) is 42.7 Å². The maximum Gasteiger partial charge on any atom is 0.222 e. The number of hydrogen-bond donors (Lipinski definition) is 1. The number of aryl methyl sites for hydroxylation is 1. The van der Waals surface area contributed by atoms with Crippen molar-refractivity contribution >= 4 is 21.8 Å². The highest BCUT2D eigenvalue weighted by atomic mass is 79.9. The van der Waals surface area contributed by atoms with E-state index in [-0.39, 0.29) is 12.5 Å². The summed E-state index contributed by atoms with van der Waals surface area (Å²) in [6, 6.07) is 5.81. The van der Waals surface area contributed by atoms with Crippen LogP contribution in [0, 0.1) is 0 Å². The summed E-state index contributed by atoms with van der Waals surface area (Å²) in [5.74, 6) is 0.856. The van der Waals surface area contributed by atoms with E-state index in [9.17, 15) is 4.79 Å². The molecule has 0 aliphatic carbocycles. The molecule has 0 radical (unpaired) electrons. The maximum atomic E-state index is 11.9. The Morgan fingerprint density at radius 3 is 2.74 bits per heavy atom. The van der Waals surface area contributed by atoms with Gasteiger partial charge in [-0.3, -0.25) is 4.79 Å². The van der Waals surface area contributed by atoms with Crippen molar-refractivity contribution in [2.24, 2.45) is 0 Å². The molecule has 1 N–H and O–H groups in total. The summed E-state index contributed by atoms with van der Waals surface area (Å²) in [6.45, 7) is 2.96. The first kappa shape index (κ1) is 16.0. The fraction of sp³-hybridized carbons (Fsp3) is 0.500. The lowest BCUT2D eigenvalue weighted by atomic mass is 10.1. The lowest BCUT2D eigenvalue weighted by molar-refractivity contribution is -0.131. The Morgan fingerprint density at radius 1 is 1.47 bits per heavy atom. The lowest BCUT2D eigenvalue weighted by Crippen LogP contribution is -2.33. The summed E-state index contributed by atoms with van der Waals surface area (Å²) < 4.78 is 6.05. The predicted molar refractivity (Wildman–Crippen MR) is 78.4 cm³/mol. The van der Waals surface area contributed by atoms with Crippen molar-refractivity contribution in [2.45, 2.75) is 19.8 Å². The molecule has 0 atom stereocenters. The number of methoxy groups -OCH3 is 1. The number of hydrogen-bond acceptors (Lipinski definition) is 3. The van der Waals surface area contributed by atoms with E-state index in [1.807, 2.05) is 25.1 Å². The van der Waals surface area contributed by atoms with Gasteiger partial charge in [0.2, 0.25) is 5.91 Å². The molecule has 0 saturated heterocycles. The Morgan fingerprint density at radius 2 is 2.21 bits per heavy atom. The Labute approximate surface area is 122 Å². The van der Waals surface area contributed by atoms with Gasteiger partial charge in [0.05, 0.1) is 18.2 Å². The summed E-state index contributed by atoms with van der Waals surface area (Å²) in [6.07, 6.45) is 1.13. The molecule has 1 rings (SSSR count). The largest absolute Gasteiger partial charge is 0.496 e. The quantitative estimate of drug-likeness (QED) is 0.834. The van der Waals surface area contributed by atoms with Crippen LogP contribution in [-0.2, 0) is 11.2 Å². The van der Waals surface area contributed by atoms with E-state index in [0.29, 0.717) is 25.9 Å². The van der Waals surface area contributed by atoms with E-state index < -0.39 is 0 Å². The third-order valence-electron chi connectivity index (χ3n) is 2.95. The lowest BCUT2D eigenvalue weighted by Gasteiger charge is -2.19. The molecule has 4 nitrogen and oxygen atoms in total. The molecule has 0 aliphatic heterocycles. The third kappa shape index (κ3) is 4.84. The van der Waals surface area contributed by atoms with E-state index in [1.165, 1.54) is 0 Å². The highest BCUT2D eigenvalue weighted by Gasteiger charge is 2.11. The number of halogens is 1. The molecule has 0 unspecified atom stereocenters. The molecule has 0 saturated carbocycles. The third-order valence-corrected chi connectivity index (χ3v) is 3.57. The predicted octanol–water partition coefficient (Wildman–Crippen LogP) is 2.23. The van der Waals surface area contributed by atoms with Crippen molar-refractivity contribution in [3.8, 4) is 5.75 Å². The zero-order valence-electron chi connectivity index (χ0n) is 11.4. The Hall–Kier alpha value is -1.07. The van der Waals surface area contributed by atoms with Gasteiger partial charge < -0.3 is 14.7 Å². The molecule has 1 amide bonds. The summed E-state index contributed by atoms with van der Waals surface area (Å²) in [5.41, 5.74) is 1.08. The molecule has 1 aromatic carbocycles. The number of benzene rings is 1. The van der Waals surface area contributed by atoms with Crippen molar-refractivity contribution in [3.05, 3.63) is 28.2 Å². The standard InChI is InChI=1S/C14H20BrNO3/c1-3-16(8-9-17)14(18)7-5-11-4-6-13(19-2)12(15)10-11/h4,6,10,17H,3,5,7-9H2,1-2H3. The van der Waals surface area contributed by atoms with Gasteiger partial charge in [-0.15, -0.1) is 0 Å². The molecular formula is C14H20BrNO3. The zero-order chi connectivity index (χ0) is 14.3. The summed E-state index contributed by atoms with van der Waals surface area (Å²) in [7, 11) is 1.62. The van der Waals surface area contributed by atoms with Gasteiger partial charge in [0, 0.05) is 19.5 Å². The molecular weight excluding hydrogens is 310 g/mol. The van der Waals surface area contributed by atoms with Crippen LogP contribution in [0.1, 0.15) is 18.9 Å². The number of nitrogens with zero attached hydrogens (tertiary/aromatic N) is 1. The minimum absolute atomic E-state index is 0.00760. The number of carbonyl (C=O) groups excluding carboxylic acids is 1. The Balaban J connectivity index is 2.56. The van der Waals surface area contributed by atoms with Crippen LogP contribution in [0.3, 0.4) is 0 Å². The minimum atomic E-state index is 0.00760. The first-order valence-corrected chi connectivity index (χ1v) is 7.12. The molecule has 106 valence electrons. The van der Waals surface area contributed by atoms with Gasteiger partial charge >= 0.3 is 0 Å². The first-order valence-electron chi connectivity index (χ1n) is 6.33. The normalized spacial score (nSPS) is 10.3. The van der Waals surface area contributed by atoms with E-state index in [2.05, 4.69) is 15.9 Å². The molecule has 0 aliphatic rings. The first-order chi connectivity index (χ1) is 9.12. The molecule has 0 bridgehead atoms. The second-order valence-electron chi connectivity index (χ2n) is 4.17. The molecule has 0 aromatic heterocycles. The SMILES string of the molecule is CCN(CCO)C(=O)CCc1ccc(OC)c(Br)c1. The zero-order valence-corrected chi connectivity index (χ0v) is 12.9. The minimum Gasteiger partial charge on any atom is -0.496 e. The van der Waals surface area contributed by atoms with Crippen LogP contribution in [0.2, 0.25) is 0 Å². The van der Waals surface area contributed by atoms with Crippen LogP contribution in [0.5, 0.6) is 5.75 Å². The smallest absolute Gasteiger partial charge is 0.222 e. The fourth-order valence-electron chi connectivity index (χ4n) is 1.85. The van der Waals surface area contributed by atoms with Crippen molar-refractivity contribution in [3.63, 3.8) is 0 Å². The van der Waals surface area contributed by atoms with Crippen LogP contribution in [0.25, 0.3) is 0 Å². The van der Waals surface area contributed by atoms with Crippen molar-refractivity contribution in [1.29, 1.82) is 0 Å². The van der Waals surface area contributed by atoms with Crippen LogP contribution in [0.15, 0.2) is 22.7 Å². The maximum absolute atomic E-state index is 11.9. The molecule has 1 aromatic rings. The average Bonchev–Trinajstić information content (AvgIpc) is 2.42. The van der Waals surface area contributed by atoms with Gasteiger partial charge in [0.25, 0.3) is 0 Å². The highest BCUT2D eigenvalue weighted by Crippen LogP contribution is 2.26. The fourth-order valence-corrected chi connectivity index (χ4v) is 2.44. The second-order valence-corrected chi connectivity index (χ2v) is 5.02. The van der Waals surface area contributed by atoms with Gasteiger partial charge in [-0.2, -0.15) is 0 Å². The molecule has 19 heavy (non-hydrogen) atoms. The van der Waals surface area contributed by atoms with Gasteiger partial charge in [0.1, 0.15) is 5.75 Å². The summed E-state index contributed by atoms with van der Waals surface area (Å²) in [5, 5.41) is 8.88. The highest BCUT2D eigenvalue weighted by molar-refractivity contribution is 9.10. The number of aliphatic hydroxyl groups excluding tert-OH is 1.